The van der Waals surface area contributed by atoms with Gasteiger partial charge in [-0.15, -0.1) is 0 Å². The largest absolute Gasteiger partial charge is 0.452 e. The summed E-state index contributed by atoms with van der Waals surface area (Å²) in [6.45, 7) is 0. The quantitative estimate of drug-likeness (QED) is 0.523. The summed E-state index contributed by atoms with van der Waals surface area (Å²) < 4.78 is 6.03. The first-order valence-corrected chi connectivity index (χ1v) is 8.42. The van der Waals surface area contributed by atoms with Gasteiger partial charge in [0.2, 0.25) is 0 Å². The molecule has 3 aromatic rings. The molecule has 29 heavy (non-hydrogen) atoms. The molecule has 2 aromatic carbocycles. The number of aromatic nitrogens is 2. The molecule has 1 aromatic heterocycles. The number of hydrogen-bond donors (Lipinski definition) is 1. The Balaban J connectivity index is 1.71. The monoisotopic (exact) mass is 395 g/mol. The van der Waals surface area contributed by atoms with Crippen LogP contribution in [0.15, 0.2) is 60.8 Å². The fourth-order valence-corrected chi connectivity index (χ4v) is 2.54. The third kappa shape index (κ3) is 4.38. The molecule has 10 nitrogen and oxygen atoms in total. The summed E-state index contributed by atoms with van der Waals surface area (Å²) in [5.41, 5.74) is 1.66. The minimum atomic E-state index is -0.506. The topological polar surface area (TPSA) is 120 Å². The first kappa shape index (κ1) is 19.5. The molecule has 0 saturated carbocycles. The molecule has 2 amide bonds. The molecule has 3 rings (SSSR count). The van der Waals surface area contributed by atoms with Crippen LogP contribution in [0, 0.1) is 10.1 Å². The van der Waals surface area contributed by atoms with Gasteiger partial charge in [-0.2, -0.15) is 5.10 Å². The van der Waals surface area contributed by atoms with Gasteiger partial charge in [-0.25, -0.2) is 9.48 Å². The summed E-state index contributed by atoms with van der Waals surface area (Å²) in [6.07, 6.45) is 1.04. The van der Waals surface area contributed by atoms with Crippen LogP contribution in [0.4, 0.5) is 21.9 Å². The molecular weight excluding hydrogens is 378 g/mol. The van der Waals surface area contributed by atoms with E-state index in [2.05, 4.69) is 15.2 Å². The summed E-state index contributed by atoms with van der Waals surface area (Å²) in [4.78, 5) is 35.7. The second-order valence-corrected chi connectivity index (χ2v) is 5.95. The van der Waals surface area contributed by atoms with Crippen LogP contribution in [0.2, 0.25) is 0 Å². The van der Waals surface area contributed by atoms with Crippen LogP contribution in [-0.2, 0) is 4.74 Å². The minimum Gasteiger partial charge on any atom is -0.452 e. The molecule has 10 heteroatoms. The van der Waals surface area contributed by atoms with Crippen molar-refractivity contribution in [2.45, 2.75) is 0 Å². The number of methoxy groups -OCH3 is 1. The number of carbonyl (C=O) groups excluding carboxylic acids is 2. The van der Waals surface area contributed by atoms with E-state index in [1.165, 1.54) is 34.9 Å². The average Bonchev–Trinajstić information content (AvgIpc) is 3.24. The van der Waals surface area contributed by atoms with E-state index >= 15 is 0 Å². The van der Waals surface area contributed by atoms with E-state index < -0.39 is 16.9 Å². The third-order valence-corrected chi connectivity index (χ3v) is 4.09. The van der Waals surface area contributed by atoms with E-state index in [0.717, 1.165) is 0 Å². The van der Waals surface area contributed by atoms with Crippen molar-refractivity contribution in [1.82, 2.24) is 9.78 Å². The zero-order valence-corrected chi connectivity index (χ0v) is 15.6. The molecule has 0 bridgehead atoms. The van der Waals surface area contributed by atoms with Gasteiger partial charge in [0.15, 0.2) is 5.69 Å². The van der Waals surface area contributed by atoms with Crippen molar-refractivity contribution >= 4 is 29.1 Å². The Bertz CT molecular complexity index is 1060. The SMILES string of the molecule is COC(=O)N(C)c1ccc(NC(=O)c2ccn(-c3cccc([N+](=O)[O-])c3)n2)cc1. The van der Waals surface area contributed by atoms with Crippen molar-refractivity contribution in [1.29, 1.82) is 0 Å². The molecule has 148 valence electrons. The van der Waals surface area contributed by atoms with Crippen LogP contribution in [0.1, 0.15) is 10.5 Å². The smallest absolute Gasteiger partial charge is 0.413 e. The number of nitro benzene ring substituents is 1. The van der Waals surface area contributed by atoms with Crippen LogP contribution in [-0.4, -0.2) is 40.9 Å². The summed E-state index contributed by atoms with van der Waals surface area (Å²) >= 11 is 0. The Hall–Kier alpha value is -4.21. The molecule has 0 fully saturated rings. The maximum Gasteiger partial charge on any atom is 0.413 e. The molecule has 1 heterocycles. The Morgan fingerprint density at radius 1 is 1.17 bits per heavy atom. The molecule has 0 unspecified atom stereocenters. The highest BCUT2D eigenvalue weighted by molar-refractivity contribution is 6.03. The Morgan fingerprint density at radius 2 is 1.90 bits per heavy atom. The number of hydrogen-bond acceptors (Lipinski definition) is 6. The highest BCUT2D eigenvalue weighted by Crippen LogP contribution is 2.19. The van der Waals surface area contributed by atoms with E-state index in [1.807, 2.05) is 0 Å². The van der Waals surface area contributed by atoms with Crippen LogP contribution in [0.3, 0.4) is 0 Å². The van der Waals surface area contributed by atoms with Gasteiger partial charge in [-0.1, -0.05) is 6.07 Å². The van der Waals surface area contributed by atoms with Crippen molar-refractivity contribution in [3.63, 3.8) is 0 Å². The van der Waals surface area contributed by atoms with Crippen molar-refractivity contribution in [3.8, 4) is 5.69 Å². The fraction of sp³-hybridized carbons (Fsp3) is 0.105. The minimum absolute atomic E-state index is 0.0685. The summed E-state index contributed by atoms with van der Waals surface area (Å²) in [7, 11) is 2.86. The second kappa shape index (κ2) is 8.21. The standard InChI is InChI=1S/C19H17N5O5/c1-22(19(26)29-2)14-8-6-13(7-9-14)20-18(25)17-10-11-23(21-17)15-4-3-5-16(12-15)24(27)28/h3-12H,1-2H3,(H,20,25). The molecule has 1 N–H and O–H groups in total. The Kier molecular flexibility index (Phi) is 5.54. The highest BCUT2D eigenvalue weighted by atomic mass is 16.6. The van der Waals surface area contributed by atoms with Crippen LogP contribution in [0.25, 0.3) is 5.69 Å². The zero-order valence-electron chi connectivity index (χ0n) is 15.6. The number of non-ortho nitro benzene ring substituents is 1. The lowest BCUT2D eigenvalue weighted by molar-refractivity contribution is -0.384. The molecular formula is C19H17N5O5. The van der Waals surface area contributed by atoms with Gasteiger partial charge in [-0.3, -0.25) is 19.8 Å². The summed E-state index contributed by atoms with van der Waals surface area (Å²) in [5, 5.41) is 17.8. The number of nitrogens with one attached hydrogen (secondary N) is 1. The molecule has 0 saturated heterocycles. The number of nitro groups is 1. The maximum atomic E-state index is 12.4. The molecule has 0 spiro atoms. The fourth-order valence-electron chi connectivity index (χ4n) is 2.54. The number of rotatable bonds is 5. The van der Waals surface area contributed by atoms with Crippen molar-refractivity contribution in [2.75, 3.05) is 24.4 Å². The molecule has 0 radical (unpaired) electrons. The number of ether oxygens (including phenoxy) is 1. The van der Waals surface area contributed by atoms with E-state index in [0.29, 0.717) is 17.1 Å². The van der Waals surface area contributed by atoms with E-state index in [1.54, 1.807) is 49.6 Å². The number of carbonyl (C=O) groups is 2. The summed E-state index contributed by atoms with van der Waals surface area (Å²) in [5.74, 6) is -0.441. The van der Waals surface area contributed by atoms with E-state index in [9.17, 15) is 19.7 Å². The van der Waals surface area contributed by atoms with E-state index in [-0.39, 0.29) is 11.4 Å². The van der Waals surface area contributed by atoms with Gasteiger partial charge in [-0.05, 0) is 36.4 Å². The van der Waals surface area contributed by atoms with Gasteiger partial charge in [0.25, 0.3) is 11.6 Å². The maximum absolute atomic E-state index is 12.4. The van der Waals surface area contributed by atoms with Gasteiger partial charge >= 0.3 is 6.09 Å². The Morgan fingerprint density at radius 3 is 2.55 bits per heavy atom. The van der Waals surface area contributed by atoms with Crippen molar-refractivity contribution in [3.05, 3.63) is 76.6 Å². The van der Waals surface area contributed by atoms with Crippen LogP contribution in [0.5, 0.6) is 0 Å². The number of nitrogens with zero attached hydrogens (tertiary/aromatic N) is 4. The number of anilines is 2. The average molecular weight is 395 g/mol. The van der Waals surface area contributed by atoms with Gasteiger partial charge in [0.05, 0.1) is 17.7 Å². The highest BCUT2D eigenvalue weighted by Gasteiger charge is 2.14. The van der Waals surface area contributed by atoms with E-state index in [4.69, 9.17) is 0 Å². The number of benzene rings is 2. The van der Waals surface area contributed by atoms with Crippen molar-refractivity contribution < 1.29 is 19.2 Å². The van der Waals surface area contributed by atoms with Gasteiger partial charge < -0.3 is 10.1 Å². The molecule has 0 aliphatic heterocycles. The summed E-state index contributed by atoms with van der Waals surface area (Å²) in [6, 6.07) is 14.1. The van der Waals surface area contributed by atoms with Crippen LogP contribution < -0.4 is 10.2 Å². The van der Waals surface area contributed by atoms with Crippen LogP contribution >= 0.6 is 0 Å². The lowest BCUT2D eigenvalue weighted by atomic mass is 10.2. The predicted molar refractivity (Wildman–Crippen MR) is 105 cm³/mol. The first-order chi connectivity index (χ1) is 13.9. The molecule has 0 aliphatic rings. The Labute approximate surface area is 165 Å². The molecule has 0 atom stereocenters. The van der Waals surface area contributed by atoms with Crippen molar-refractivity contribution in [2.24, 2.45) is 0 Å². The third-order valence-electron chi connectivity index (χ3n) is 4.09. The normalized spacial score (nSPS) is 10.3. The second-order valence-electron chi connectivity index (χ2n) is 5.95. The lowest BCUT2D eigenvalue weighted by Gasteiger charge is -2.15. The lowest BCUT2D eigenvalue weighted by Crippen LogP contribution is -2.25. The van der Waals surface area contributed by atoms with Gasteiger partial charge in [0.1, 0.15) is 0 Å². The molecule has 0 aliphatic carbocycles. The zero-order chi connectivity index (χ0) is 21.0. The first-order valence-electron chi connectivity index (χ1n) is 8.42. The predicted octanol–water partition coefficient (Wildman–Crippen LogP) is 3.24. The number of amides is 2. The van der Waals surface area contributed by atoms with Gasteiger partial charge in [0, 0.05) is 36.8 Å².